The van der Waals surface area contributed by atoms with Gasteiger partial charge in [-0.1, -0.05) is 12.8 Å². The molecule has 48 heavy (non-hydrogen) atoms. The molecule has 8 nitrogen and oxygen atoms in total. The van der Waals surface area contributed by atoms with Gasteiger partial charge in [-0.05, 0) is 75.2 Å². The van der Waals surface area contributed by atoms with E-state index in [1.165, 1.54) is 0 Å². The van der Waals surface area contributed by atoms with Crippen LogP contribution in [0.5, 0.6) is 0 Å². The number of allylic oxidation sites excluding steroid dienone is 4. The van der Waals surface area contributed by atoms with Crippen molar-refractivity contribution in [1.29, 1.82) is 0 Å². The SMILES string of the molecule is Cc1cc(C)n2c1C=C1C=CC(CCC(=O)N[C@H]3CCCC[C@H]3NC(=O)CCC3=[N+]4C(=Cc5c(C)cc(C)n5[B-]4(F)F)C=C3)=[N+]1[B-]2(F)F. The van der Waals surface area contributed by atoms with Gasteiger partial charge in [0.2, 0.25) is 11.8 Å². The summed E-state index contributed by atoms with van der Waals surface area (Å²) in [5, 5.41) is 6.08. The predicted octanol–water partition coefficient (Wildman–Crippen LogP) is 5.53. The van der Waals surface area contributed by atoms with Gasteiger partial charge in [0.25, 0.3) is 0 Å². The summed E-state index contributed by atoms with van der Waals surface area (Å²) < 4.78 is 67.4. The third kappa shape index (κ3) is 5.24. The molecule has 2 aromatic heterocycles. The Morgan fingerprint density at radius 2 is 1.10 bits per heavy atom. The molecule has 0 aromatic carbocycles. The minimum atomic E-state index is -4.10. The van der Waals surface area contributed by atoms with Gasteiger partial charge in [0.05, 0.1) is 0 Å². The molecule has 1 saturated carbocycles. The molecule has 0 radical (unpaired) electrons. The second kappa shape index (κ2) is 11.7. The molecule has 2 amide bonds. The average molecular weight is 662 g/mol. The van der Waals surface area contributed by atoms with E-state index in [1.54, 1.807) is 62.4 Å². The monoisotopic (exact) mass is 662 g/mol. The molecule has 2 aromatic rings. The molecule has 1 fully saturated rings. The number of nitrogens with one attached hydrogen (secondary N) is 2. The van der Waals surface area contributed by atoms with Crippen molar-refractivity contribution in [3.05, 3.63) is 81.7 Å². The van der Waals surface area contributed by atoms with E-state index in [-0.39, 0.29) is 49.6 Å². The van der Waals surface area contributed by atoms with E-state index in [2.05, 4.69) is 10.6 Å². The van der Waals surface area contributed by atoms with E-state index in [4.69, 9.17) is 0 Å². The number of nitrogens with zero attached hydrogens (tertiary/aromatic N) is 4. The molecule has 0 spiro atoms. The number of carbonyl (C=O) groups excluding carboxylic acids is 2. The number of rotatable bonds is 8. The van der Waals surface area contributed by atoms with Gasteiger partial charge >= 0.3 is 13.9 Å². The van der Waals surface area contributed by atoms with Gasteiger partial charge in [-0.15, -0.1) is 0 Å². The van der Waals surface area contributed by atoms with Gasteiger partial charge < -0.3 is 45.8 Å². The minimum Gasteiger partial charge on any atom is -0.394 e. The van der Waals surface area contributed by atoms with E-state index in [0.717, 1.165) is 41.9 Å². The Balaban J connectivity index is 0.972. The molecule has 0 unspecified atom stereocenters. The number of amides is 2. The molecular formula is C34H40B2F4N6O2. The summed E-state index contributed by atoms with van der Waals surface area (Å²) in [7, 11) is 0. The first-order valence-corrected chi connectivity index (χ1v) is 16.9. The molecule has 2 atom stereocenters. The van der Waals surface area contributed by atoms with Crippen LogP contribution < -0.4 is 10.6 Å². The smallest absolute Gasteiger partial charge is 0.394 e. The van der Waals surface area contributed by atoms with Gasteiger partial charge in [0.15, 0.2) is 11.4 Å². The predicted molar refractivity (Wildman–Crippen MR) is 180 cm³/mol. The van der Waals surface area contributed by atoms with Crippen molar-refractivity contribution in [2.75, 3.05) is 0 Å². The maximum atomic E-state index is 15.8. The van der Waals surface area contributed by atoms with Crippen molar-refractivity contribution in [2.45, 2.75) is 91.1 Å². The third-order valence-corrected chi connectivity index (χ3v) is 10.5. The van der Waals surface area contributed by atoms with Crippen LogP contribution in [0, 0.1) is 27.7 Å². The number of aromatic nitrogens is 2. The van der Waals surface area contributed by atoms with Crippen LogP contribution in [0.4, 0.5) is 17.3 Å². The van der Waals surface area contributed by atoms with E-state index in [9.17, 15) is 9.59 Å². The van der Waals surface area contributed by atoms with E-state index >= 15 is 17.3 Å². The largest absolute Gasteiger partial charge is 0.737 e. The van der Waals surface area contributed by atoms with Gasteiger partial charge in [0.1, 0.15) is 11.4 Å². The normalized spacial score (nSPS) is 23.0. The standard InChI is InChI=1S/C34H40B2F4N6O2/c1-21-17-23(3)43-31(21)19-27-11-9-25(45(27)35(43,37)38)13-15-33(47)41-29-7-5-6-8-30(29)42-34(48)16-14-26-10-12-28-20-32-22(2)18-24(4)44(32)36(39,40)46(26)28/h9-12,17-20,29-30H,5-8,13-16H2,1-4H3,(H,41,47)(H,42,48)/t29-,30+. The van der Waals surface area contributed by atoms with Gasteiger partial charge in [-0.2, -0.15) is 0 Å². The fourth-order valence-electron chi connectivity index (χ4n) is 8.31. The molecule has 5 aliphatic rings. The molecule has 0 saturated heterocycles. The maximum absolute atomic E-state index is 15.8. The average Bonchev–Trinajstić information content (AvgIpc) is 3.77. The topological polar surface area (TPSA) is 74.1 Å². The molecular weight excluding hydrogens is 622 g/mol. The van der Waals surface area contributed by atoms with Crippen molar-refractivity contribution in [3.63, 3.8) is 0 Å². The minimum absolute atomic E-state index is 0.0255. The Bertz CT molecular complexity index is 1810. The van der Waals surface area contributed by atoms with Gasteiger partial charge in [-0.3, -0.25) is 9.59 Å². The molecule has 14 heteroatoms. The van der Waals surface area contributed by atoms with Crippen molar-refractivity contribution in [1.82, 2.24) is 19.6 Å². The molecule has 0 bridgehead atoms. The molecule has 252 valence electrons. The first-order chi connectivity index (χ1) is 22.8. The van der Waals surface area contributed by atoms with Crippen LogP contribution >= 0.6 is 0 Å². The highest BCUT2D eigenvalue weighted by Gasteiger charge is 2.53. The number of hydrogen-bond donors (Lipinski definition) is 2. The van der Waals surface area contributed by atoms with Crippen LogP contribution in [0.25, 0.3) is 12.2 Å². The van der Waals surface area contributed by atoms with Crippen LogP contribution in [0.15, 0.2) is 47.8 Å². The highest BCUT2D eigenvalue weighted by atomic mass is 19.3. The molecule has 6 heterocycles. The Labute approximate surface area is 277 Å². The summed E-state index contributed by atoms with van der Waals surface area (Å²) in [6.45, 7) is -1.21. The fraction of sp³-hybridized carbons (Fsp3) is 0.412. The van der Waals surface area contributed by atoms with E-state index < -0.39 is 13.9 Å². The van der Waals surface area contributed by atoms with Gasteiger partial charge in [-0.25, -0.2) is 0 Å². The lowest BCUT2D eigenvalue weighted by Crippen LogP contribution is -2.53. The summed E-state index contributed by atoms with van der Waals surface area (Å²) >= 11 is 0. The quantitative estimate of drug-likeness (QED) is 0.289. The molecule has 2 N–H and O–H groups in total. The fourth-order valence-corrected chi connectivity index (χ4v) is 8.31. The molecule has 1 aliphatic carbocycles. The van der Waals surface area contributed by atoms with Crippen molar-refractivity contribution >= 4 is 49.3 Å². The second-order valence-electron chi connectivity index (χ2n) is 13.8. The number of carbonyl (C=O) groups is 2. The summed E-state index contributed by atoms with van der Waals surface area (Å²) in [5.41, 5.74) is 5.19. The Hall–Kier alpha value is -4.35. The first-order valence-electron chi connectivity index (χ1n) is 16.9. The van der Waals surface area contributed by atoms with Crippen LogP contribution in [0.1, 0.15) is 85.3 Å². The van der Waals surface area contributed by atoms with E-state index in [0.29, 0.717) is 58.4 Å². The number of fused-ring (bicyclic) bond motifs is 4. The zero-order valence-corrected chi connectivity index (χ0v) is 27.7. The molecule has 4 aliphatic heterocycles. The zero-order chi connectivity index (χ0) is 34.1. The molecule has 7 rings (SSSR count). The summed E-state index contributed by atoms with van der Waals surface area (Å²) in [4.78, 5) is 26.2. The summed E-state index contributed by atoms with van der Waals surface area (Å²) in [5.74, 6) is -0.534. The Kier molecular flexibility index (Phi) is 7.83. The van der Waals surface area contributed by atoms with E-state index in [1.807, 2.05) is 13.8 Å². The lowest BCUT2D eigenvalue weighted by molar-refractivity contribution is -0.363. The highest BCUT2D eigenvalue weighted by Crippen LogP contribution is 2.36. The van der Waals surface area contributed by atoms with Crippen LogP contribution in [-0.4, -0.2) is 67.2 Å². The summed E-state index contributed by atoms with van der Waals surface area (Å²) in [6, 6.07) is 2.91. The second-order valence-corrected chi connectivity index (χ2v) is 13.8. The van der Waals surface area contributed by atoms with Crippen molar-refractivity contribution in [2.24, 2.45) is 0 Å². The summed E-state index contributed by atoms with van der Waals surface area (Å²) in [6.07, 6.45) is 13.6. The lowest BCUT2D eigenvalue weighted by Gasteiger charge is -2.33. The number of aryl methyl sites for hydroxylation is 4. The van der Waals surface area contributed by atoms with Gasteiger partial charge in [0, 0.05) is 85.6 Å². The van der Waals surface area contributed by atoms with Crippen LogP contribution in [-0.2, 0) is 9.59 Å². The van der Waals surface area contributed by atoms with Crippen molar-refractivity contribution in [3.8, 4) is 0 Å². The highest BCUT2D eigenvalue weighted by molar-refractivity contribution is 6.58. The Morgan fingerprint density at radius 1 is 0.708 bits per heavy atom. The zero-order valence-electron chi connectivity index (χ0n) is 27.7. The van der Waals surface area contributed by atoms with Crippen LogP contribution in [0.3, 0.4) is 0 Å². The number of halogens is 4. The lowest BCUT2D eigenvalue weighted by atomic mass is 9.89. The third-order valence-electron chi connectivity index (χ3n) is 10.5. The maximum Gasteiger partial charge on any atom is 0.737 e. The van der Waals surface area contributed by atoms with Crippen LogP contribution in [0.2, 0.25) is 0 Å². The number of hydrogen-bond acceptors (Lipinski definition) is 2. The Morgan fingerprint density at radius 3 is 1.50 bits per heavy atom. The first kappa shape index (κ1) is 32.2. The van der Waals surface area contributed by atoms with Crippen molar-refractivity contribution < 1.29 is 35.8 Å².